The van der Waals surface area contributed by atoms with E-state index in [1.165, 1.54) is 25.7 Å². The van der Waals surface area contributed by atoms with Crippen LogP contribution in [0, 0.1) is 11.8 Å². The van der Waals surface area contributed by atoms with E-state index >= 15 is 0 Å². The molecule has 1 saturated heterocycles. The summed E-state index contributed by atoms with van der Waals surface area (Å²) >= 11 is 0. The van der Waals surface area contributed by atoms with Gasteiger partial charge in [0.2, 0.25) is 5.91 Å². The van der Waals surface area contributed by atoms with Crippen LogP contribution < -0.4 is 10.6 Å². The zero-order valence-corrected chi connectivity index (χ0v) is 20.0. The molecule has 0 spiro atoms. The molecular weight excluding hydrogens is 388 g/mol. The standard InChI is InChI=1S/C25H44N4O2/c1-3-5-15-25(16-6-4-2)23(31)29(24(26)27-25)19-20-13-17-28(18-14-20)22(30)21-11-9-7-8-10-12-21/h20-21H,3-19H2,1-2H3,(H2,26,27)/p+1. The second kappa shape index (κ2) is 11.4. The van der Waals surface area contributed by atoms with Gasteiger partial charge in [-0.3, -0.25) is 4.79 Å². The average Bonchev–Trinajstić information content (AvgIpc) is 2.97. The molecule has 1 unspecified atom stereocenters. The van der Waals surface area contributed by atoms with Crippen LogP contribution in [0.2, 0.25) is 0 Å². The number of likely N-dealkylation sites (tertiary alicyclic amines) is 1. The zero-order valence-electron chi connectivity index (χ0n) is 20.0. The highest BCUT2D eigenvalue weighted by molar-refractivity contribution is 5.94. The van der Waals surface area contributed by atoms with Gasteiger partial charge in [0.1, 0.15) is 0 Å². The number of nitrogens with one attached hydrogen (secondary N) is 1. The van der Waals surface area contributed by atoms with Crippen molar-refractivity contribution in [1.29, 1.82) is 0 Å². The molecule has 0 aromatic carbocycles. The molecule has 1 atom stereocenters. The highest BCUT2D eigenvalue weighted by Gasteiger charge is 2.52. The predicted octanol–water partition coefficient (Wildman–Crippen LogP) is 3.05. The SMILES string of the molecule is CCCCC1(CCCC)N=C(N)[NH+](CC2CCN(C(=O)C3CCCCCC3)CC2)C1=O. The summed E-state index contributed by atoms with van der Waals surface area (Å²) in [5, 5.41) is 0. The Kier molecular flexibility index (Phi) is 8.94. The normalized spacial score (nSPS) is 25.5. The molecule has 0 radical (unpaired) electrons. The number of amides is 2. The van der Waals surface area contributed by atoms with E-state index in [1.54, 1.807) is 0 Å². The molecule has 0 bridgehead atoms. The van der Waals surface area contributed by atoms with Crippen LogP contribution in [-0.4, -0.2) is 47.8 Å². The molecule has 176 valence electrons. The van der Waals surface area contributed by atoms with E-state index in [2.05, 4.69) is 18.7 Å². The van der Waals surface area contributed by atoms with Crippen LogP contribution in [0.4, 0.5) is 0 Å². The maximum absolute atomic E-state index is 13.4. The number of nitrogens with two attached hydrogens (primary N) is 1. The number of hydrogen-bond acceptors (Lipinski definition) is 4. The smallest absolute Gasteiger partial charge is 0.342 e. The zero-order chi connectivity index (χ0) is 22.3. The Balaban J connectivity index is 1.54. The number of hydrogen-bond donors (Lipinski definition) is 2. The van der Waals surface area contributed by atoms with Gasteiger partial charge in [0.05, 0.1) is 6.54 Å². The van der Waals surface area contributed by atoms with Gasteiger partial charge in [0.15, 0.2) is 5.54 Å². The molecule has 1 saturated carbocycles. The summed E-state index contributed by atoms with van der Waals surface area (Å²) in [6.45, 7) is 6.72. The van der Waals surface area contributed by atoms with Crippen LogP contribution in [0.1, 0.15) is 104 Å². The third-order valence-electron chi connectivity index (χ3n) is 7.85. The summed E-state index contributed by atoms with van der Waals surface area (Å²) in [6, 6.07) is 0. The number of nitrogens with zero attached hydrogens (tertiary/aromatic N) is 2. The molecule has 2 heterocycles. The first-order chi connectivity index (χ1) is 15.0. The molecule has 3 rings (SSSR count). The molecule has 6 heteroatoms. The molecule has 1 aliphatic carbocycles. The van der Waals surface area contributed by atoms with Crippen LogP contribution in [0.5, 0.6) is 0 Å². The molecule has 2 amide bonds. The summed E-state index contributed by atoms with van der Waals surface area (Å²) in [7, 11) is 0. The molecule has 3 aliphatic rings. The lowest BCUT2D eigenvalue weighted by molar-refractivity contribution is -0.725. The van der Waals surface area contributed by atoms with Gasteiger partial charge in [-0.15, -0.1) is 0 Å². The highest BCUT2D eigenvalue weighted by Crippen LogP contribution is 2.29. The number of aliphatic imine (C=N–C) groups is 1. The van der Waals surface area contributed by atoms with Gasteiger partial charge in [-0.1, -0.05) is 65.2 Å². The van der Waals surface area contributed by atoms with E-state index in [4.69, 9.17) is 10.7 Å². The number of carbonyl (C=O) groups excluding carboxylic acids is 2. The van der Waals surface area contributed by atoms with E-state index in [0.717, 1.165) is 88.7 Å². The van der Waals surface area contributed by atoms with Crippen molar-refractivity contribution in [2.45, 2.75) is 109 Å². The van der Waals surface area contributed by atoms with Crippen molar-refractivity contribution >= 4 is 17.8 Å². The first kappa shape index (κ1) is 24.2. The first-order valence-electron chi connectivity index (χ1n) is 13.1. The molecular formula is C25H45N4O2+. The maximum atomic E-state index is 13.4. The van der Waals surface area contributed by atoms with Crippen molar-refractivity contribution < 1.29 is 14.5 Å². The number of carbonyl (C=O) groups is 2. The molecule has 2 fully saturated rings. The highest BCUT2D eigenvalue weighted by atomic mass is 16.2. The summed E-state index contributed by atoms with van der Waals surface area (Å²) in [6.07, 6.45) is 14.8. The minimum atomic E-state index is -0.596. The van der Waals surface area contributed by atoms with Crippen LogP contribution in [0.25, 0.3) is 0 Å². The monoisotopic (exact) mass is 433 g/mol. The molecule has 6 nitrogen and oxygen atoms in total. The summed E-state index contributed by atoms with van der Waals surface area (Å²) < 4.78 is 0. The van der Waals surface area contributed by atoms with Crippen LogP contribution in [-0.2, 0) is 9.59 Å². The van der Waals surface area contributed by atoms with E-state index in [9.17, 15) is 9.59 Å². The van der Waals surface area contributed by atoms with Gasteiger partial charge in [0.25, 0.3) is 0 Å². The first-order valence-corrected chi connectivity index (χ1v) is 13.1. The molecule has 3 N–H and O–H groups in total. The minimum Gasteiger partial charge on any atom is -0.342 e. The largest absolute Gasteiger partial charge is 0.347 e. The van der Waals surface area contributed by atoms with Crippen molar-refractivity contribution in [2.24, 2.45) is 22.6 Å². The number of unbranched alkanes of at least 4 members (excludes halogenated alkanes) is 2. The maximum Gasteiger partial charge on any atom is 0.347 e. The quantitative estimate of drug-likeness (QED) is 0.549. The van der Waals surface area contributed by atoms with E-state index in [1.807, 2.05) is 0 Å². The number of guanidine groups is 1. The lowest BCUT2D eigenvalue weighted by Crippen LogP contribution is -3.18. The lowest BCUT2D eigenvalue weighted by atomic mass is 9.86. The van der Waals surface area contributed by atoms with Crippen LogP contribution in [0.15, 0.2) is 4.99 Å². The number of quaternary nitrogens is 1. The Morgan fingerprint density at radius 2 is 1.61 bits per heavy atom. The van der Waals surface area contributed by atoms with E-state index < -0.39 is 5.54 Å². The molecule has 0 aromatic rings. The fraction of sp³-hybridized carbons (Fsp3) is 0.880. The molecule has 31 heavy (non-hydrogen) atoms. The fourth-order valence-electron chi connectivity index (χ4n) is 5.78. The topological polar surface area (TPSA) is 80.2 Å². The third-order valence-corrected chi connectivity index (χ3v) is 7.85. The summed E-state index contributed by atoms with van der Waals surface area (Å²) in [4.78, 5) is 34.1. The fourth-order valence-corrected chi connectivity index (χ4v) is 5.78. The third kappa shape index (κ3) is 5.88. The van der Waals surface area contributed by atoms with Gasteiger partial charge in [-0.05, 0) is 38.5 Å². The predicted molar refractivity (Wildman–Crippen MR) is 125 cm³/mol. The van der Waals surface area contributed by atoms with Crippen LogP contribution in [0.3, 0.4) is 0 Å². The van der Waals surface area contributed by atoms with Crippen molar-refractivity contribution in [2.75, 3.05) is 19.6 Å². The van der Waals surface area contributed by atoms with Crippen LogP contribution >= 0.6 is 0 Å². The Hall–Kier alpha value is -1.43. The summed E-state index contributed by atoms with van der Waals surface area (Å²) in [5.74, 6) is 1.74. The van der Waals surface area contributed by atoms with Crippen molar-refractivity contribution in [1.82, 2.24) is 4.90 Å². The second-order valence-corrected chi connectivity index (χ2v) is 10.2. The van der Waals surface area contributed by atoms with Gasteiger partial charge < -0.3 is 10.6 Å². The number of rotatable bonds is 9. The van der Waals surface area contributed by atoms with E-state index in [0.29, 0.717) is 17.8 Å². The Morgan fingerprint density at radius 1 is 1.03 bits per heavy atom. The minimum absolute atomic E-state index is 0.198. The van der Waals surface area contributed by atoms with Gasteiger partial charge in [0, 0.05) is 24.9 Å². The molecule has 2 aliphatic heterocycles. The Bertz CT molecular complexity index is 623. The van der Waals surface area contributed by atoms with Crippen molar-refractivity contribution in [3.05, 3.63) is 0 Å². The Labute approximate surface area is 189 Å². The second-order valence-electron chi connectivity index (χ2n) is 10.2. The average molecular weight is 434 g/mol. The van der Waals surface area contributed by atoms with Gasteiger partial charge in [-0.25, -0.2) is 9.69 Å². The Morgan fingerprint density at radius 3 is 2.16 bits per heavy atom. The number of piperidine rings is 1. The molecule has 0 aromatic heterocycles. The van der Waals surface area contributed by atoms with Gasteiger partial charge >= 0.3 is 11.9 Å². The van der Waals surface area contributed by atoms with Crippen molar-refractivity contribution in [3.8, 4) is 0 Å². The van der Waals surface area contributed by atoms with Crippen molar-refractivity contribution in [3.63, 3.8) is 0 Å². The lowest BCUT2D eigenvalue weighted by Gasteiger charge is -2.34. The summed E-state index contributed by atoms with van der Waals surface area (Å²) in [5.41, 5.74) is 5.73. The van der Waals surface area contributed by atoms with Gasteiger partial charge in [-0.2, -0.15) is 4.99 Å². The van der Waals surface area contributed by atoms with E-state index in [-0.39, 0.29) is 11.8 Å².